The quantitative estimate of drug-likeness (QED) is 0.761. The number of H-pyrrole nitrogens is 1. The van der Waals surface area contributed by atoms with Crippen LogP contribution >= 0.6 is 0 Å². The molecule has 1 aromatic heterocycles. The van der Waals surface area contributed by atoms with Gasteiger partial charge in [-0.15, -0.1) is 0 Å². The number of hydrogen-bond acceptors (Lipinski definition) is 2. The summed E-state index contributed by atoms with van der Waals surface area (Å²) >= 11 is 0. The van der Waals surface area contributed by atoms with Crippen molar-refractivity contribution < 1.29 is 4.79 Å². The van der Waals surface area contributed by atoms with Crippen molar-refractivity contribution in [3.8, 4) is 11.1 Å². The smallest absolute Gasteiger partial charge is 0.255 e. The van der Waals surface area contributed by atoms with E-state index in [2.05, 4.69) is 15.5 Å². The van der Waals surface area contributed by atoms with Crippen molar-refractivity contribution in [1.82, 2.24) is 10.2 Å². The highest BCUT2D eigenvalue weighted by Gasteiger charge is 2.07. The summed E-state index contributed by atoms with van der Waals surface area (Å²) in [4.78, 5) is 12.2. The van der Waals surface area contributed by atoms with Crippen LogP contribution in [0.25, 0.3) is 11.1 Å². The van der Waals surface area contributed by atoms with Crippen LogP contribution in [0.4, 0.5) is 5.69 Å². The highest BCUT2D eigenvalue weighted by Crippen LogP contribution is 2.19. The molecule has 0 aliphatic carbocycles. The fourth-order valence-corrected chi connectivity index (χ4v) is 1.97. The lowest BCUT2D eigenvalue weighted by Crippen LogP contribution is -2.11. The molecule has 0 fully saturated rings. The maximum Gasteiger partial charge on any atom is 0.255 e. The van der Waals surface area contributed by atoms with E-state index in [1.54, 1.807) is 18.5 Å². The first kappa shape index (κ1) is 12.2. The van der Waals surface area contributed by atoms with Gasteiger partial charge >= 0.3 is 0 Å². The lowest BCUT2D eigenvalue weighted by Gasteiger charge is -2.06. The first-order valence-corrected chi connectivity index (χ1v) is 6.28. The summed E-state index contributed by atoms with van der Waals surface area (Å²) in [5.41, 5.74) is 3.32. The number of nitrogens with one attached hydrogen (secondary N) is 2. The number of carbonyl (C=O) groups is 1. The Hall–Kier alpha value is -2.88. The second-order valence-corrected chi connectivity index (χ2v) is 4.39. The number of carbonyl (C=O) groups excluding carboxylic acids is 1. The van der Waals surface area contributed by atoms with Gasteiger partial charge in [0.25, 0.3) is 5.91 Å². The zero-order valence-electron chi connectivity index (χ0n) is 10.7. The number of anilines is 1. The zero-order chi connectivity index (χ0) is 13.8. The van der Waals surface area contributed by atoms with Crippen LogP contribution < -0.4 is 5.32 Å². The number of aromatic amines is 1. The van der Waals surface area contributed by atoms with Crippen LogP contribution in [0.3, 0.4) is 0 Å². The fourth-order valence-electron chi connectivity index (χ4n) is 1.97. The van der Waals surface area contributed by atoms with Gasteiger partial charge in [-0.1, -0.05) is 30.3 Å². The van der Waals surface area contributed by atoms with Crippen LogP contribution in [-0.2, 0) is 0 Å². The predicted octanol–water partition coefficient (Wildman–Crippen LogP) is 3.33. The number of aromatic nitrogens is 2. The molecular weight excluding hydrogens is 250 g/mol. The van der Waals surface area contributed by atoms with Gasteiger partial charge in [-0.2, -0.15) is 5.10 Å². The Balaban J connectivity index is 1.84. The second-order valence-electron chi connectivity index (χ2n) is 4.39. The van der Waals surface area contributed by atoms with Crippen molar-refractivity contribution in [2.75, 3.05) is 5.32 Å². The highest BCUT2D eigenvalue weighted by molar-refractivity contribution is 6.04. The monoisotopic (exact) mass is 263 g/mol. The molecule has 0 atom stereocenters. The van der Waals surface area contributed by atoms with Crippen molar-refractivity contribution in [1.29, 1.82) is 0 Å². The number of rotatable bonds is 3. The third kappa shape index (κ3) is 2.59. The zero-order valence-corrected chi connectivity index (χ0v) is 10.7. The van der Waals surface area contributed by atoms with E-state index in [0.29, 0.717) is 5.56 Å². The summed E-state index contributed by atoms with van der Waals surface area (Å²) in [5.74, 6) is -0.124. The summed E-state index contributed by atoms with van der Waals surface area (Å²) in [5, 5.41) is 9.55. The summed E-state index contributed by atoms with van der Waals surface area (Å²) in [6.45, 7) is 0. The molecule has 0 saturated heterocycles. The lowest BCUT2D eigenvalue weighted by molar-refractivity contribution is 0.102. The first-order valence-electron chi connectivity index (χ1n) is 6.28. The minimum Gasteiger partial charge on any atom is -0.322 e. The molecular formula is C16H13N3O. The molecule has 0 unspecified atom stereocenters. The molecule has 0 aliphatic heterocycles. The summed E-state index contributed by atoms with van der Waals surface area (Å²) in [7, 11) is 0. The van der Waals surface area contributed by atoms with Crippen molar-refractivity contribution in [3.05, 3.63) is 72.6 Å². The number of hydrogen-bond donors (Lipinski definition) is 2. The number of amides is 1. The number of para-hydroxylation sites is 1. The van der Waals surface area contributed by atoms with Crippen molar-refractivity contribution >= 4 is 11.6 Å². The number of nitrogens with zero attached hydrogens (tertiary/aromatic N) is 1. The van der Waals surface area contributed by atoms with Gasteiger partial charge in [-0.25, -0.2) is 0 Å². The molecule has 3 rings (SSSR count). The van der Waals surface area contributed by atoms with Crippen LogP contribution in [0.1, 0.15) is 10.4 Å². The van der Waals surface area contributed by atoms with E-state index in [9.17, 15) is 4.79 Å². The third-order valence-electron chi connectivity index (χ3n) is 2.99. The highest BCUT2D eigenvalue weighted by atomic mass is 16.1. The SMILES string of the molecule is O=C(Nc1ccccc1)c1cccc(-c2cn[nH]c2)c1. The average molecular weight is 263 g/mol. The Morgan fingerprint density at radius 1 is 1.00 bits per heavy atom. The predicted molar refractivity (Wildman–Crippen MR) is 78.4 cm³/mol. The normalized spacial score (nSPS) is 10.2. The Morgan fingerprint density at radius 2 is 1.85 bits per heavy atom. The number of benzene rings is 2. The van der Waals surface area contributed by atoms with Crippen molar-refractivity contribution in [2.45, 2.75) is 0 Å². The van der Waals surface area contributed by atoms with Gasteiger partial charge in [-0.05, 0) is 29.8 Å². The molecule has 0 spiro atoms. The Kier molecular flexibility index (Phi) is 3.29. The molecule has 2 aromatic carbocycles. The first-order chi connectivity index (χ1) is 9.83. The van der Waals surface area contributed by atoms with E-state index >= 15 is 0 Å². The average Bonchev–Trinajstić information content (AvgIpc) is 3.03. The summed E-state index contributed by atoms with van der Waals surface area (Å²) < 4.78 is 0. The molecule has 3 aromatic rings. The molecule has 0 aliphatic rings. The van der Waals surface area contributed by atoms with Crippen molar-refractivity contribution in [3.63, 3.8) is 0 Å². The Bertz CT molecular complexity index is 706. The summed E-state index contributed by atoms with van der Waals surface area (Å²) in [6.07, 6.45) is 3.53. The van der Waals surface area contributed by atoms with Gasteiger partial charge in [-0.3, -0.25) is 9.89 Å². The van der Waals surface area contributed by atoms with Crippen molar-refractivity contribution in [2.24, 2.45) is 0 Å². The Morgan fingerprint density at radius 3 is 2.60 bits per heavy atom. The lowest BCUT2D eigenvalue weighted by atomic mass is 10.1. The van der Waals surface area contributed by atoms with E-state index in [1.165, 1.54) is 0 Å². The van der Waals surface area contributed by atoms with Crippen LogP contribution in [0.5, 0.6) is 0 Å². The van der Waals surface area contributed by atoms with Gasteiger partial charge in [0.15, 0.2) is 0 Å². The molecule has 0 bridgehead atoms. The minimum atomic E-state index is -0.124. The van der Waals surface area contributed by atoms with Crippen LogP contribution in [-0.4, -0.2) is 16.1 Å². The van der Waals surface area contributed by atoms with Crippen LogP contribution in [0.2, 0.25) is 0 Å². The fraction of sp³-hybridized carbons (Fsp3) is 0. The minimum absolute atomic E-state index is 0.124. The molecule has 0 radical (unpaired) electrons. The van der Waals surface area contributed by atoms with Crippen LogP contribution in [0, 0.1) is 0 Å². The van der Waals surface area contributed by atoms with E-state index in [4.69, 9.17) is 0 Å². The molecule has 0 saturated carbocycles. The third-order valence-corrected chi connectivity index (χ3v) is 2.99. The molecule has 1 amide bonds. The molecule has 2 N–H and O–H groups in total. The molecule has 20 heavy (non-hydrogen) atoms. The summed E-state index contributed by atoms with van der Waals surface area (Å²) in [6, 6.07) is 16.9. The van der Waals surface area contributed by atoms with Gasteiger partial charge in [0, 0.05) is 23.0 Å². The molecule has 4 nitrogen and oxygen atoms in total. The van der Waals surface area contributed by atoms with E-state index in [-0.39, 0.29) is 5.91 Å². The largest absolute Gasteiger partial charge is 0.322 e. The Labute approximate surface area is 116 Å². The second kappa shape index (κ2) is 5.40. The topological polar surface area (TPSA) is 57.8 Å². The molecule has 1 heterocycles. The van der Waals surface area contributed by atoms with E-state index in [1.807, 2.05) is 48.5 Å². The van der Waals surface area contributed by atoms with Gasteiger partial charge in [0.1, 0.15) is 0 Å². The van der Waals surface area contributed by atoms with Gasteiger partial charge in [0.2, 0.25) is 0 Å². The van der Waals surface area contributed by atoms with Gasteiger partial charge in [0.05, 0.1) is 6.20 Å². The van der Waals surface area contributed by atoms with E-state index < -0.39 is 0 Å². The van der Waals surface area contributed by atoms with Crippen LogP contribution in [0.15, 0.2) is 67.0 Å². The van der Waals surface area contributed by atoms with E-state index in [0.717, 1.165) is 16.8 Å². The molecule has 4 heteroatoms. The standard InChI is InChI=1S/C16H13N3O/c20-16(19-15-7-2-1-3-8-15)13-6-4-5-12(9-13)14-10-17-18-11-14/h1-11H,(H,17,18)(H,19,20). The maximum atomic E-state index is 12.2. The molecule has 98 valence electrons. The maximum absolute atomic E-state index is 12.2. The van der Waals surface area contributed by atoms with Gasteiger partial charge < -0.3 is 5.32 Å².